The number of rotatable bonds is 2. The van der Waals surface area contributed by atoms with E-state index in [4.69, 9.17) is 0 Å². The zero-order valence-corrected chi connectivity index (χ0v) is 10.8. The molecule has 0 bridgehead atoms. The molecule has 1 aromatic rings. The molecule has 0 spiro atoms. The molecule has 2 unspecified atom stereocenters. The van der Waals surface area contributed by atoms with E-state index in [2.05, 4.69) is 18.3 Å². The van der Waals surface area contributed by atoms with Crippen LogP contribution in [-0.2, 0) is 0 Å². The summed E-state index contributed by atoms with van der Waals surface area (Å²) in [4.78, 5) is 0. The second kappa shape index (κ2) is 4.69. The Morgan fingerprint density at radius 3 is 3.00 bits per heavy atom. The van der Waals surface area contributed by atoms with Crippen LogP contribution in [0.4, 0.5) is 0 Å². The summed E-state index contributed by atoms with van der Waals surface area (Å²) in [7, 11) is 0. The Morgan fingerprint density at radius 1 is 1.33 bits per heavy atom. The van der Waals surface area contributed by atoms with Gasteiger partial charge in [-0.1, -0.05) is 19.8 Å². The van der Waals surface area contributed by atoms with Crippen LogP contribution in [0.2, 0.25) is 0 Å². The largest absolute Gasteiger partial charge is 0.381 e. The molecule has 1 aliphatic carbocycles. The Kier molecular flexibility index (Phi) is 3.04. The van der Waals surface area contributed by atoms with Gasteiger partial charge in [0.05, 0.1) is 17.9 Å². The maximum Gasteiger partial charge on any atom is 0.0874 e. The first-order valence-electron chi connectivity index (χ1n) is 6.87. The summed E-state index contributed by atoms with van der Waals surface area (Å²) in [6, 6.07) is 4.57. The molecule has 98 valence electrons. The number of hydroxylamine groups is 1. The fourth-order valence-corrected chi connectivity index (χ4v) is 3.02. The summed E-state index contributed by atoms with van der Waals surface area (Å²) >= 11 is 0. The van der Waals surface area contributed by atoms with Gasteiger partial charge in [-0.05, 0) is 37.0 Å². The molecule has 2 N–H and O–H groups in total. The smallest absolute Gasteiger partial charge is 0.0874 e. The number of hydrogen-bond donors (Lipinski definition) is 2. The molecule has 0 amide bonds. The highest BCUT2D eigenvalue weighted by molar-refractivity contribution is 5.64. The second-order valence-corrected chi connectivity index (χ2v) is 5.42. The first-order chi connectivity index (χ1) is 8.75. The van der Waals surface area contributed by atoms with E-state index in [-0.39, 0.29) is 0 Å². The Hall–Kier alpha value is -1.42. The van der Waals surface area contributed by atoms with Crippen LogP contribution in [-0.4, -0.2) is 22.5 Å². The molecule has 0 aromatic carbocycles. The maximum absolute atomic E-state index is 9.75. The van der Waals surface area contributed by atoms with Gasteiger partial charge in [0.1, 0.15) is 0 Å². The Balaban J connectivity index is 1.77. The van der Waals surface area contributed by atoms with Gasteiger partial charge in [-0.3, -0.25) is 5.21 Å². The highest BCUT2D eigenvalue weighted by Gasteiger charge is 2.24. The molecule has 4 heteroatoms. The van der Waals surface area contributed by atoms with Gasteiger partial charge in [0, 0.05) is 12.2 Å². The van der Waals surface area contributed by atoms with E-state index < -0.39 is 0 Å². The SMILES string of the molecule is CC1CCCCC1NC1=CCN(O)n2cccc21. The molecule has 2 atom stereocenters. The van der Waals surface area contributed by atoms with Gasteiger partial charge in [-0.25, -0.2) is 4.68 Å². The van der Waals surface area contributed by atoms with E-state index in [1.807, 2.05) is 18.3 Å². The highest BCUT2D eigenvalue weighted by Crippen LogP contribution is 2.27. The molecule has 0 saturated heterocycles. The molecule has 4 nitrogen and oxygen atoms in total. The molecule has 1 aliphatic heterocycles. The predicted octanol–water partition coefficient (Wildman–Crippen LogP) is 2.34. The lowest BCUT2D eigenvalue weighted by molar-refractivity contribution is 0.179. The van der Waals surface area contributed by atoms with E-state index in [1.54, 1.807) is 4.68 Å². The lowest BCUT2D eigenvalue weighted by Crippen LogP contribution is -2.41. The van der Waals surface area contributed by atoms with Crippen LogP contribution in [0.5, 0.6) is 0 Å². The summed E-state index contributed by atoms with van der Waals surface area (Å²) in [5, 5.41) is 14.6. The second-order valence-electron chi connectivity index (χ2n) is 5.42. The van der Waals surface area contributed by atoms with Crippen molar-refractivity contribution < 1.29 is 5.21 Å². The predicted molar refractivity (Wildman–Crippen MR) is 71.8 cm³/mol. The van der Waals surface area contributed by atoms with Crippen LogP contribution in [0.3, 0.4) is 0 Å². The van der Waals surface area contributed by atoms with Gasteiger partial charge in [0.25, 0.3) is 0 Å². The van der Waals surface area contributed by atoms with Gasteiger partial charge in [0.15, 0.2) is 0 Å². The molecule has 2 aliphatic rings. The normalized spacial score (nSPS) is 27.7. The van der Waals surface area contributed by atoms with E-state index in [1.165, 1.54) is 30.9 Å². The number of aromatic nitrogens is 1. The minimum atomic E-state index is 0.533. The first kappa shape index (κ1) is 11.7. The summed E-state index contributed by atoms with van der Waals surface area (Å²) < 4.78 is 1.79. The van der Waals surface area contributed by atoms with Crippen LogP contribution in [0.15, 0.2) is 24.4 Å². The summed E-state index contributed by atoms with van der Waals surface area (Å²) in [6.45, 7) is 2.86. The van der Waals surface area contributed by atoms with Gasteiger partial charge in [-0.2, -0.15) is 5.17 Å². The monoisotopic (exact) mass is 247 g/mol. The zero-order chi connectivity index (χ0) is 12.5. The summed E-state index contributed by atoms with van der Waals surface area (Å²) in [5.41, 5.74) is 2.20. The minimum Gasteiger partial charge on any atom is -0.381 e. The standard InChI is InChI=1S/C14H21N3O/c1-11-5-2-3-6-12(11)15-13-8-10-17(18)16-9-4-7-14(13)16/h4,7-9,11-12,15,18H,2-3,5-6,10H2,1H3. The zero-order valence-electron chi connectivity index (χ0n) is 10.8. The minimum absolute atomic E-state index is 0.533. The average Bonchev–Trinajstić information content (AvgIpc) is 2.85. The van der Waals surface area contributed by atoms with Crippen LogP contribution >= 0.6 is 0 Å². The van der Waals surface area contributed by atoms with Crippen LogP contribution < -0.4 is 10.5 Å². The lowest BCUT2D eigenvalue weighted by atomic mass is 9.85. The number of nitrogens with zero attached hydrogens (tertiary/aromatic N) is 2. The molecule has 3 rings (SSSR count). The Bertz CT molecular complexity index is 452. The van der Waals surface area contributed by atoms with Crippen molar-refractivity contribution in [2.45, 2.75) is 38.6 Å². The summed E-state index contributed by atoms with van der Waals surface area (Å²) in [5.74, 6) is 0.732. The van der Waals surface area contributed by atoms with Crippen molar-refractivity contribution in [3.63, 3.8) is 0 Å². The third-order valence-corrected chi connectivity index (χ3v) is 4.16. The van der Waals surface area contributed by atoms with Crippen molar-refractivity contribution in [2.24, 2.45) is 5.92 Å². The first-order valence-corrected chi connectivity index (χ1v) is 6.87. The molecule has 1 fully saturated rings. The maximum atomic E-state index is 9.75. The van der Waals surface area contributed by atoms with E-state index in [0.29, 0.717) is 12.6 Å². The fraction of sp³-hybridized carbons (Fsp3) is 0.571. The van der Waals surface area contributed by atoms with Gasteiger partial charge in [0.2, 0.25) is 0 Å². The average molecular weight is 247 g/mol. The molecule has 0 radical (unpaired) electrons. The van der Waals surface area contributed by atoms with Crippen molar-refractivity contribution in [1.29, 1.82) is 0 Å². The van der Waals surface area contributed by atoms with Crippen molar-refractivity contribution in [1.82, 2.24) is 9.99 Å². The number of hydrogen-bond acceptors (Lipinski definition) is 3. The highest BCUT2D eigenvalue weighted by atomic mass is 16.5. The summed E-state index contributed by atoms with van der Waals surface area (Å²) in [6.07, 6.45) is 9.20. The molecule has 1 aromatic heterocycles. The van der Waals surface area contributed by atoms with Gasteiger partial charge >= 0.3 is 0 Å². The topological polar surface area (TPSA) is 40.4 Å². The van der Waals surface area contributed by atoms with Gasteiger partial charge in [-0.15, -0.1) is 0 Å². The van der Waals surface area contributed by atoms with E-state index >= 15 is 0 Å². The molecule has 2 heterocycles. The van der Waals surface area contributed by atoms with Crippen LogP contribution in [0, 0.1) is 5.92 Å². The van der Waals surface area contributed by atoms with Crippen molar-refractivity contribution in [2.75, 3.05) is 11.7 Å². The number of nitrogens with one attached hydrogen (secondary N) is 1. The Labute approximate surface area is 108 Å². The quantitative estimate of drug-likeness (QED) is 0.842. The Morgan fingerprint density at radius 2 is 2.17 bits per heavy atom. The number of fused-ring (bicyclic) bond motifs is 1. The van der Waals surface area contributed by atoms with Gasteiger partial charge < -0.3 is 5.32 Å². The molecular formula is C14H21N3O. The third kappa shape index (κ3) is 2.01. The fourth-order valence-electron chi connectivity index (χ4n) is 3.02. The van der Waals surface area contributed by atoms with Crippen LogP contribution in [0.25, 0.3) is 5.70 Å². The third-order valence-electron chi connectivity index (χ3n) is 4.16. The van der Waals surface area contributed by atoms with Crippen molar-refractivity contribution >= 4 is 5.70 Å². The lowest BCUT2D eigenvalue weighted by Gasteiger charge is -2.33. The van der Waals surface area contributed by atoms with Crippen LogP contribution in [0.1, 0.15) is 38.3 Å². The van der Waals surface area contributed by atoms with E-state index in [9.17, 15) is 5.21 Å². The van der Waals surface area contributed by atoms with Crippen molar-refractivity contribution in [3.05, 3.63) is 30.1 Å². The van der Waals surface area contributed by atoms with E-state index in [0.717, 1.165) is 17.3 Å². The molecule has 1 saturated carbocycles. The molecule has 18 heavy (non-hydrogen) atoms. The van der Waals surface area contributed by atoms with Crippen molar-refractivity contribution in [3.8, 4) is 0 Å². The molecular weight excluding hydrogens is 226 g/mol.